The molecule has 1 atom stereocenters. The van der Waals surface area contributed by atoms with Gasteiger partial charge < -0.3 is 5.11 Å². The molecule has 0 amide bonds. The highest BCUT2D eigenvalue weighted by Gasteiger charge is 2.13. The topological polar surface area (TPSA) is 37.3 Å². The van der Waals surface area contributed by atoms with Gasteiger partial charge in [0.15, 0.2) is 5.78 Å². The molecule has 70 valence electrons. The highest BCUT2D eigenvalue weighted by Crippen LogP contribution is 2.12. The van der Waals surface area contributed by atoms with Crippen LogP contribution >= 0.6 is 11.6 Å². The van der Waals surface area contributed by atoms with Gasteiger partial charge >= 0.3 is 0 Å². The minimum Gasteiger partial charge on any atom is -0.396 e. The molecule has 2 nitrogen and oxygen atoms in total. The summed E-state index contributed by atoms with van der Waals surface area (Å²) in [6.07, 6.45) is 0. The quantitative estimate of drug-likeness (QED) is 0.756. The maximum atomic E-state index is 11.5. The van der Waals surface area contributed by atoms with Crippen LogP contribution in [0.3, 0.4) is 0 Å². The Morgan fingerprint density at radius 2 is 2.00 bits per heavy atom. The zero-order valence-corrected chi connectivity index (χ0v) is 8.08. The molecule has 3 heteroatoms. The summed E-state index contributed by atoms with van der Waals surface area (Å²) < 4.78 is 0. The molecule has 1 aromatic carbocycles. The lowest BCUT2D eigenvalue weighted by atomic mass is 10.0. The number of hydrogen-bond acceptors (Lipinski definition) is 2. The number of rotatable bonds is 3. The lowest BCUT2D eigenvalue weighted by Crippen LogP contribution is -2.14. The second-order valence-electron chi connectivity index (χ2n) is 2.95. The van der Waals surface area contributed by atoms with E-state index in [1.54, 1.807) is 31.2 Å². The predicted molar refractivity (Wildman–Crippen MR) is 52.0 cm³/mol. The van der Waals surface area contributed by atoms with Crippen molar-refractivity contribution in [2.45, 2.75) is 6.92 Å². The second kappa shape index (κ2) is 4.40. The number of benzene rings is 1. The molecule has 1 rings (SSSR count). The number of halogens is 1. The normalized spacial score (nSPS) is 12.5. The van der Waals surface area contributed by atoms with Crippen molar-refractivity contribution in [3.8, 4) is 0 Å². The van der Waals surface area contributed by atoms with Crippen LogP contribution in [0.2, 0.25) is 5.02 Å². The van der Waals surface area contributed by atoms with Crippen LogP contribution in [-0.4, -0.2) is 17.5 Å². The third-order valence-corrected chi connectivity index (χ3v) is 2.10. The maximum absolute atomic E-state index is 11.5. The summed E-state index contributed by atoms with van der Waals surface area (Å²) in [6, 6.07) is 6.66. The van der Waals surface area contributed by atoms with Gasteiger partial charge in [-0.15, -0.1) is 0 Å². The zero-order chi connectivity index (χ0) is 9.84. The summed E-state index contributed by atoms with van der Waals surface area (Å²) in [5, 5.41) is 9.38. The van der Waals surface area contributed by atoms with Gasteiger partial charge in [0.25, 0.3) is 0 Å². The monoisotopic (exact) mass is 198 g/mol. The van der Waals surface area contributed by atoms with Gasteiger partial charge in [-0.1, -0.05) is 18.5 Å². The highest BCUT2D eigenvalue weighted by atomic mass is 35.5. The molecule has 0 aliphatic heterocycles. The number of Topliss-reactive ketones (excluding diaryl/α,β-unsaturated/α-hetero) is 1. The van der Waals surface area contributed by atoms with Gasteiger partial charge in [-0.25, -0.2) is 0 Å². The minimum atomic E-state index is -0.346. The van der Waals surface area contributed by atoms with Crippen LogP contribution in [0.4, 0.5) is 0 Å². The standard InChI is InChI=1S/C10H11ClO2/c1-7(6-12)10(13)8-2-4-9(11)5-3-8/h2-5,7,12H,6H2,1H3/t7-/m0/s1. The van der Waals surface area contributed by atoms with E-state index in [1.165, 1.54) is 0 Å². The first kappa shape index (κ1) is 10.2. The van der Waals surface area contributed by atoms with E-state index < -0.39 is 0 Å². The van der Waals surface area contributed by atoms with Crippen molar-refractivity contribution in [1.29, 1.82) is 0 Å². The number of aliphatic hydroxyl groups is 1. The van der Waals surface area contributed by atoms with Crippen LogP contribution in [0.1, 0.15) is 17.3 Å². The third-order valence-electron chi connectivity index (χ3n) is 1.85. The van der Waals surface area contributed by atoms with E-state index in [1.807, 2.05) is 0 Å². The lowest BCUT2D eigenvalue weighted by Gasteiger charge is -2.05. The van der Waals surface area contributed by atoms with Crippen molar-refractivity contribution < 1.29 is 9.90 Å². The van der Waals surface area contributed by atoms with Gasteiger partial charge in [0.2, 0.25) is 0 Å². The molecule has 0 aliphatic carbocycles. The van der Waals surface area contributed by atoms with Gasteiger partial charge in [0, 0.05) is 16.5 Å². The minimum absolute atomic E-state index is 0.0563. The van der Waals surface area contributed by atoms with Crippen molar-refractivity contribution >= 4 is 17.4 Å². The number of aliphatic hydroxyl groups excluding tert-OH is 1. The van der Waals surface area contributed by atoms with Crippen molar-refractivity contribution in [3.63, 3.8) is 0 Å². The van der Waals surface area contributed by atoms with Gasteiger partial charge in [-0.3, -0.25) is 4.79 Å². The van der Waals surface area contributed by atoms with Crippen LogP contribution in [0, 0.1) is 5.92 Å². The molecule has 0 bridgehead atoms. The molecule has 13 heavy (non-hydrogen) atoms. The van der Waals surface area contributed by atoms with Gasteiger partial charge in [-0.2, -0.15) is 0 Å². The second-order valence-corrected chi connectivity index (χ2v) is 3.39. The van der Waals surface area contributed by atoms with Crippen molar-refractivity contribution in [1.82, 2.24) is 0 Å². The molecule has 0 fully saturated rings. The van der Waals surface area contributed by atoms with Crippen molar-refractivity contribution in [2.24, 2.45) is 5.92 Å². The molecule has 0 saturated carbocycles. The van der Waals surface area contributed by atoms with E-state index in [0.29, 0.717) is 10.6 Å². The molecule has 0 unspecified atom stereocenters. The average molecular weight is 199 g/mol. The van der Waals surface area contributed by atoms with Crippen molar-refractivity contribution in [2.75, 3.05) is 6.61 Å². The molecule has 0 saturated heterocycles. The third kappa shape index (κ3) is 2.54. The summed E-state index contributed by atoms with van der Waals surface area (Å²) in [5.41, 5.74) is 0.589. The maximum Gasteiger partial charge on any atom is 0.167 e. The number of carbonyl (C=O) groups is 1. The summed E-state index contributed by atoms with van der Waals surface area (Å²) in [4.78, 5) is 11.5. The van der Waals surface area contributed by atoms with Crippen LogP contribution in [0.15, 0.2) is 24.3 Å². The molecule has 0 radical (unpaired) electrons. The molecule has 0 spiro atoms. The largest absolute Gasteiger partial charge is 0.396 e. The van der Waals surface area contributed by atoms with E-state index in [-0.39, 0.29) is 18.3 Å². The molecular weight excluding hydrogens is 188 g/mol. The summed E-state index contributed by atoms with van der Waals surface area (Å²) in [6.45, 7) is 1.57. The summed E-state index contributed by atoms with van der Waals surface area (Å²) >= 11 is 5.67. The Bertz CT molecular complexity index is 292. The van der Waals surface area contributed by atoms with Crippen LogP contribution < -0.4 is 0 Å². The van der Waals surface area contributed by atoms with E-state index in [0.717, 1.165) is 0 Å². The fourth-order valence-corrected chi connectivity index (χ4v) is 1.11. The van der Waals surface area contributed by atoms with E-state index in [2.05, 4.69) is 0 Å². The smallest absolute Gasteiger partial charge is 0.167 e. The Kier molecular flexibility index (Phi) is 3.46. The van der Waals surface area contributed by atoms with Gasteiger partial charge in [0.1, 0.15) is 0 Å². The Hall–Kier alpha value is -0.860. The molecule has 0 aliphatic rings. The molecule has 1 aromatic rings. The highest BCUT2D eigenvalue weighted by molar-refractivity contribution is 6.30. The summed E-state index contributed by atoms with van der Waals surface area (Å²) in [5.74, 6) is -0.402. The fraction of sp³-hybridized carbons (Fsp3) is 0.300. The first-order chi connectivity index (χ1) is 6.15. The first-order valence-electron chi connectivity index (χ1n) is 4.05. The van der Waals surface area contributed by atoms with Gasteiger partial charge in [0.05, 0.1) is 6.61 Å². The van der Waals surface area contributed by atoms with Gasteiger partial charge in [-0.05, 0) is 24.3 Å². The number of carbonyl (C=O) groups excluding carboxylic acids is 1. The Morgan fingerprint density at radius 3 is 2.46 bits per heavy atom. The van der Waals surface area contributed by atoms with E-state index in [9.17, 15) is 4.79 Å². The fourth-order valence-electron chi connectivity index (χ4n) is 0.982. The molecule has 0 aromatic heterocycles. The number of ketones is 1. The van der Waals surface area contributed by atoms with Crippen LogP contribution in [0.5, 0.6) is 0 Å². The Morgan fingerprint density at radius 1 is 1.46 bits per heavy atom. The van der Waals surface area contributed by atoms with Crippen LogP contribution in [0.25, 0.3) is 0 Å². The Balaban J connectivity index is 2.83. The first-order valence-corrected chi connectivity index (χ1v) is 4.43. The zero-order valence-electron chi connectivity index (χ0n) is 7.33. The lowest BCUT2D eigenvalue weighted by molar-refractivity contribution is 0.0877. The van der Waals surface area contributed by atoms with Crippen LogP contribution in [-0.2, 0) is 0 Å². The molecule has 1 N–H and O–H groups in total. The average Bonchev–Trinajstić information content (AvgIpc) is 2.17. The summed E-state index contributed by atoms with van der Waals surface area (Å²) in [7, 11) is 0. The predicted octanol–water partition coefficient (Wildman–Crippen LogP) is 2.15. The van der Waals surface area contributed by atoms with Crippen molar-refractivity contribution in [3.05, 3.63) is 34.9 Å². The molecule has 0 heterocycles. The van der Waals surface area contributed by atoms with E-state index in [4.69, 9.17) is 16.7 Å². The molecular formula is C10H11ClO2. The Labute approximate surface area is 82.2 Å². The van der Waals surface area contributed by atoms with E-state index >= 15 is 0 Å². The SMILES string of the molecule is C[C@@H](CO)C(=O)c1ccc(Cl)cc1. The number of hydrogen-bond donors (Lipinski definition) is 1.